The Balaban J connectivity index is 1.59. The Morgan fingerprint density at radius 2 is 2.12 bits per heavy atom. The first-order valence-electron chi connectivity index (χ1n) is 8.65. The summed E-state index contributed by atoms with van der Waals surface area (Å²) in [5.41, 5.74) is 4.49. The number of hydrogen-bond acceptors (Lipinski definition) is 5. The lowest BCUT2D eigenvalue weighted by molar-refractivity contribution is -0.117. The second-order valence-corrected chi connectivity index (χ2v) is 7.37. The molecule has 4 rings (SSSR count). The molecule has 6 nitrogen and oxygen atoms in total. The Bertz CT molecular complexity index is 1050. The average molecular weight is 368 g/mol. The normalized spacial score (nSPS) is 14.4. The SMILES string of the molecule is Cc1c(NCc2cc(=O)n3c(C)csc3n2)cccc1N1CCCC1=O. The fourth-order valence-corrected chi connectivity index (χ4v) is 4.28. The molecular weight excluding hydrogens is 348 g/mol. The number of carbonyl (C=O) groups is 1. The van der Waals surface area contributed by atoms with Crippen molar-refractivity contribution < 1.29 is 4.79 Å². The predicted octanol–water partition coefficient (Wildman–Crippen LogP) is 3.11. The van der Waals surface area contributed by atoms with Gasteiger partial charge in [0.15, 0.2) is 4.96 Å². The van der Waals surface area contributed by atoms with Gasteiger partial charge in [0.25, 0.3) is 5.56 Å². The predicted molar refractivity (Wildman–Crippen MR) is 104 cm³/mol. The topological polar surface area (TPSA) is 66.7 Å². The van der Waals surface area contributed by atoms with E-state index in [4.69, 9.17) is 0 Å². The zero-order valence-electron chi connectivity index (χ0n) is 14.8. The Labute approximate surface area is 155 Å². The molecule has 1 amide bonds. The molecule has 26 heavy (non-hydrogen) atoms. The van der Waals surface area contributed by atoms with E-state index in [1.54, 1.807) is 10.5 Å². The quantitative estimate of drug-likeness (QED) is 0.768. The molecule has 0 atom stereocenters. The maximum atomic E-state index is 12.3. The minimum Gasteiger partial charge on any atom is -0.379 e. The van der Waals surface area contributed by atoms with Crippen molar-refractivity contribution in [3.05, 3.63) is 57.0 Å². The number of fused-ring (bicyclic) bond motifs is 1. The van der Waals surface area contributed by atoms with Crippen molar-refractivity contribution in [3.63, 3.8) is 0 Å². The second kappa shape index (κ2) is 6.57. The third-order valence-electron chi connectivity index (χ3n) is 4.76. The van der Waals surface area contributed by atoms with Gasteiger partial charge in [-0.3, -0.25) is 14.0 Å². The van der Waals surface area contributed by atoms with Crippen LogP contribution in [0, 0.1) is 13.8 Å². The summed E-state index contributed by atoms with van der Waals surface area (Å²) in [7, 11) is 0. The summed E-state index contributed by atoms with van der Waals surface area (Å²) in [6, 6.07) is 7.49. The smallest absolute Gasteiger partial charge is 0.259 e. The summed E-state index contributed by atoms with van der Waals surface area (Å²) < 4.78 is 1.62. The van der Waals surface area contributed by atoms with Crippen molar-refractivity contribution in [2.75, 3.05) is 16.8 Å². The van der Waals surface area contributed by atoms with Gasteiger partial charge in [-0.2, -0.15) is 0 Å². The highest BCUT2D eigenvalue weighted by atomic mass is 32.1. The average Bonchev–Trinajstić information content (AvgIpc) is 3.20. The van der Waals surface area contributed by atoms with E-state index in [1.807, 2.05) is 42.3 Å². The number of benzene rings is 1. The Kier molecular flexibility index (Phi) is 4.24. The highest BCUT2D eigenvalue weighted by Gasteiger charge is 2.23. The van der Waals surface area contributed by atoms with Crippen LogP contribution in [-0.4, -0.2) is 21.8 Å². The third kappa shape index (κ3) is 2.88. The van der Waals surface area contributed by atoms with Crippen LogP contribution in [0.15, 0.2) is 34.4 Å². The lowest BCUT2D eigenvalue weighted by Crippen LogP contribution is -2.24. The van der Waals surface area contributed by atoms with Crippen LogP contribution in [-0.2, 0) is 11.3 Å². The van der Waals surface area contributed by atoms with E-state index in [1.165, 1.54) is 11.3 Å². The number of aryl methyl sites for hydroxylation is 1. The van der Waals surface area contributed by atoms with E-state index in [0.29, 0.717) is 23.6 Å². The number of nitrogens with zero attached hydrogens (tertiary/aromatic N) is 3. The first-order valence-corrected chi connectivity index (χ1v) is 9.53. The second-order valence-electron chi connectivity index (χ2n) is 6.53. The summed E-state index contributed by atoms with van der Waals surface area (Å²) in [5.74, 6) is 0.179. The molecule has 134 valence electrons. The van der Waals surface area contributed by atoms with Crippen LogP contribution in [0.2, 0.25) is 0 Å². The van der Waals surface area contributed by atoms with E-state index in [-0.39, 0.29) is 11.5 Å². The summed E-state index contributed by atoms with van der Waals surface area (Å²) in [6.45, 7) is 5.15. The Morgan fingerprint density at radius 3 is 2.88 bits per heavy atom. The lowest BCUT2D eigenvalue weighted by atomic mass is 10.1. The molecule has 7 heteroatoms. The van der Waals surface area contributed by atoms with Gasteiger partial charge in [-0.05, 0) is 38.0 Å². The molecule has 0 spiro atoms. The molecule has 0 saturated carbocycles. The number of anilines is 2. The Hall–Kier alpha value is -2.67. The lowest BCUT2D eigenvalue weighted by Gasteiger charge is -2.20. The monoisotopic (exact) mass is 368 g/mol. The zero-order valence-corrected chi connectivity index (χ0v) is 15.6. The van der Waals surface area contributed by atoms with Crippen molar-refractivity contribution in [3.8, 4) is 0 Å². The summed E-state index contributed by atoms with van der Waals surface area (Å²) in [6.07, 6.45) is 1.52. The van der Waals surface area contributed by atoms with Crippen LogP contribution >= 0.6 is 11.3 Å². The van der Waals surface area contributed by atoms with Gasteiger partial charge in [0, 0.05) is 41.5 Å². The van der Waals surface area contributed by atoms with Crippen LogP contribution in [0.1, 0.15) is 29.8 Å². The molecule has 2 aromatic heterocycles. The first kappa shape index (κ1) is 16.8. The van der Waals surface area contributed by atoms with E-state index >= 15 is 0 Å². The molecule has 1 aromatic carbocycles. The van der Waals surface area contributed by atoms with E-state index < -0.39 is 0 Å². The number of hydrogen-bond donors (Lipinski definition) is 1. The standard InChI is InChI=1S/C19H20N4O2S/c1-12-11-26-19-21-14(9-18(25)23(12)19)10-20-15-5-3-6-16(13(15)2)22-8-4-7-17(22)24/h3,5-6,9,11,20H,4,7-8,10H2,1-2H3. The van der Waals surface area contributed by atoms with Crippen LogP contribution in [0.3, 0.4) is 0 Å². The molecule has 0 aliphatic carbocycles. The number of rotatable bonds is 4. The van der Waals surface area contributed by atoms with Gasteiger partial charge in [-0.25, -0.2) is 4.98 Å². The van der Waals surface area contributed by atoms with Crippen LogP contribution < -0.4 is 15.8 Å². The van der Waals surface area contributed by atoms with Crippen molar-refractivity contribution in [2.45, 2.75) is 33.2 Å². The molecule has 1 N–H and O–H groups in total. The maximum absolute atomic E-state index is 12.3. The molecule has 0 bridgehead atoms. The van der Waals surface area contributed by atoms with Crippen LogP contribution in [0.4, 0.5) is 11.4 Å². The number of thiazole rings is 1. The van der Waals surface area contributed by atoms with E-state index in [0.717, 1.165) is 35.6 Å². The van der Waals surface area contributed by atoms with Gasteiger partial charge < -0.3 is 10.2 Å². The van der Waals surface area contributed by atoms with Gasteiger partial charge in [0.1, 0.15) is 0 Å². The third-order valence-corrected chi connectivity index (χ3v) is 5.70. The van der Waals surface area contributed by atoms with Gasteiger partial charge in [-0.15, -0.1) is 11.3 Å². The highest BCUT2D eigenvalue weighted by molar-refractivity contribution is 7.15. The summed E-state index contributed by atoms with van der Waals surface area (Å²) in [4.78, 5) is 31.5. The number of nitrogens with one attached hydrogen (secondary N) is 1. The summed E-state index contributed by atoms with van der Waals surface area (Å²) >= 11 is 1.47. The van der Waals surface area contributed by atoms with Gasteiger partial charge >= 0.3 is 0 Å². The fourth-order valence-electron chi connectivity index (χ4n) is 3.39. The van der Waals surface area contributed by atoms with Gasteiger partial charge in [-0.1, -0.05) is 6.07 Å². The fraction of sp³-hybridized carbons (Fsp3) is 0.316. The minimum atomic E-state index is -0.0568. The van der Waals surface area contributed by atoms with Crippen molar-refractivity contribution in [1.82, 2.24) is 9.38 Å². The van der Waals surface area contributed by atoms with Gasteiger partial charge in [0.2, 0.25) is 5.91 Å². The highest BCUT2D eigenvalue weighted by Crippen LogP contribution is 2.30. The molecule has 0 unspecified atom stereocenters. The zero-order chi connectivity index (χ0) is 18.3. The Morgan fingerprint density at radius 1 is 1.27 bits per heavy atom. The molecule has 1 saturated heterocycles. The van der Waals surface area contributed by atoms with Crippen molar-refractivity contribution in [2.24, 2.45) is 0 Å². The van der Waals surface area contributed by atoms with E-state index in [2.05, 4.69) is 10.3 Å². The van der Waals surface area contributed by atoms with Crippen LogP contribution in [0.25, 0.3) is 4.96 Å². The number of carbonyl (C=O) groups excluding carboxylic acids is 1. The number of aromatic nitrogens is 2. The largest absolute Gasteiger partial charge is 0.379 e. The van der Waals surface area contributed by atoms with Gasteiger partial charge in [0.05, 0.1) is 12.2 Å². The minimum absolute atomic E-state index is 0.0568. The molecule has 3 aromatic rings. The molecule has 1 aliphatic heterocycles. The number of amides is 1. The summed E-state index contributed by atoms with van der Waals surface area (Å²) in [5, 5.41) is 5.29. The molecular formula is C19H20N4O2S. The first-order chi connectivity index (χ1) is 12.5. The maximum Gasteiger partial charge on any atom is 0.259 e. The molecule has 3 heterocycles. The molecule has 1 aliphatic rings. The molecule has 0 radical (unpaired) electrons. The van der Waals surface area contributed by atoms with E-state index in [9.17, 15) is 9.59 Å². The van der Waals surface area contributed by atoms with Crippen molar-refractivity contribution in [1.29, 1.82) is 0 Å². The van der Waals surface area contributed by atoms with Crippen molar-refractivity contribution >= 4 is 33.6 Å². The van der Waals surface area contributed by atoms with Crippen LogP contribution in [0.5, 0.6) is 0 Å². The molecule has 1 fully saturated rings.